The van der Waals surface area contributed by atoms with E-state index < -0.39 is 11.5 Å². The van der Waals surface area contributed by atoms with E-state index in [1.54, 1.807) is 30.3 Å². The van der Waals surface area contributed by atoms with Crippen molar-refractivity contribution in [2.24, 2.45) is 0 Å². The van der Waals surface area contributed by atoms with Gasteiger partial charge in [-0.25, -0.2) is 0 Å². The molecule has 3 N–H and O–H groups in total. The molecule has 1 heterocycles. The van der Waals surface area contributed by atoms with Crippen molar-refractivity contribution in [1.82, 2.24) is 4.98 Å². The third kappa shape index (κ3) is 4.49. The van der Waals surface area contributed by atoms with Gasteiger partial charge in [-0.2, -0.15) is 0 Å². The zero-order valence-electron chi connectivity index (χ0n) is 15.0. The number of aromatic nitrogens is 1. The lowest BCUT2D eigenvalue weighted by Gasteiger charge is -2.08. The topological polar surface area (TPSA) is 91.1 Å². The van der Waals surface area contributed by atoms with E-state index in [1.165, 1.54) is 13.0 Å². The first-order valence-electron chi connectivity index (χ1n) is 8.42. The third-order valence-electron chi connectivity index (χ3n) is 3.95. The highest BCUT2D eigenvalue weighted by Gasteiger charge is 2.12. The number of nitrogens with one attached hydrogen (secondary N) is 3. The lowest BCUT2D eigenvalue weighted by Crippen LogP contribution is -2.23. The van der Waals surface area contributed by atoms with Crippen molar-refractivity contribution >= 4 is 23.2 Å². The molecule has 136 valence electrons. The number of hydrogen-bond donors (Lipinski definition) is 3. The van der Waals surface area contributed by atoms with Gasteiger partial charge in [0.15, 0.2) is 0 Å². The third-order valence-corrected chi connectivity index (χ3v) is 3.95. The Morgan fingerprint density at radius 1 is 0.889 bits per heavy atom. The highest BCUT2D eigenvalue weighted by molar-refractivity contribution is 6.04. The second-order valence-electron chi connectivity index (χ2n) is 6.20. The molecule has 1 aromatic heterocycles. The lowest BCUT2D eigenvalue weighted by molar-refractivity contribution is -0.114. The van der Waals surface area contributed by atoms with Crippen molar-refractivity contribution in [3.63, 3.8) is 0 Å². The molecule has 3 aromatic rings. The van der Waals surface area contributed by atoms with Gasteiger partial charge in [0.1, 0.15) is 5.56 Å². The van der Waals surface area contributed by atoms with Gasteiger partial charge in [0.2, 0.25) is 5.91 Å². The van der Waals surface area contributed by atoms with Gasteiger partial charge in [-0.3, -0.25) is 14.4 Å². The fourth-order valence-electron chi connectivity index (χ4n) is 2.67. The van der Waals surface area contributed by atoms with Crippen molar-refractivity contribution in [1.29, 1.82) is 0 Å². The number of aryl methyl sites for hydroxylation is 1. The standard InChI is InChI=1S/C21H19N3O3/c1-13-4-3-5-15(12-13)19-11-10-18(21(27)24-19)20(26)23-17-8-6-16(7-9-17)22-14(2)25/h3-12H,1-2H3,(H,22,25)(H,23,26)(H,24,27). The molecule has 0 aliphatic rings. The molecule has 0 aliphatic carbocycles. The summed E-state index contributed by atoms with van der Waals surface area (Å²) in [6.45, 7) is 3.39. The molecule has 0 radical (unpaired) electrons. The Balaban J connectivity index is 1.77. The van der Waals surface area contributed by atoms with Gasteiger partial charge in [0.25, 0.3) is 11.5 Å². The number of aromatic amines is 1. The maximum Gasteiger partial charge on any atom is 0.261 e. The number of anilines is 2. The van der Waals surface area contributed by atoms with E-state index in [9.17, 15) is 14.4 Å². The van der Waals surface area contributed by atoms with Crippen LogP contribution in [0.3, 0.4) is 0 Å². The Morgan fingerprint density at radius 2 is 1.56 bits per heavy atom. The van der Waals surface area contributed by atoms with E-state index in [0.29, 0.717) is 17.1 Å². The number of carbonyl (C=O) groups excluding carboxylic acids is 2. The minimum absolute atomic E-state index is 0.0253. The molecule has 2 amide bonds. The molecule has 0 saturated carbocycles. The van der Waals surface area contributed by atoms with Crippen LogP contribution >= 0.6 is 0 Å². The predicted octanol–water partition coefficient (Wildman–Crippen LogP) is 3.56. The molecule has 0 bridgehead atoms. The van der Waals surface area contributed by atoms with E-state index in [2.05, 4.69) is 15.6 Å². The van der Waals surface area contributed by atoms with Gasteiger partial charge in [-0.05, 0) is 55.0 Å². The Hall–Kier alpha value is -3.67. The zero-order valence-corrected chi connectivity index (χ0v) is 15.0. The molecule has 27 heavy (non-hydrogen) atoms. The summed E-state index contributed by atoms with van der Waals surface area (Å²) in [5, 5.41) is 5.32. The van der Waals surface area contributed by atoms with Crippen LogP contribution in [0.4, 0.5) is 11.4 Å². The molecule has 0 saturated heterocycles. The molecule has 0 atom stereocenters. The molecular formula is C21H19N3O3. The minimum atomic E-state index is -0.501. The van der Waals surface area contributed by atoms with Crippen LogP contribution in [0.15, 0.2) is 65.5 Å². The normalized spacial score (nSPS) is 10.3. The second kappa shape index (κ2) is 7.70. The van der Waals surface area contributed by atoms with Crippen LogP contribution in [-0.4, -0.2) is 16.8 Å². The Kier molecular flexibility index (Phi) is 5.17. The van der Waals surface area contributed by atoms with Gasteiger partial charge >= 0.3 is 0 Å². The first-order valence-corrected chi connectivity index (χ1v) is 8.42. The quantitative estimate of drug-likeness (QED) is 0.663. The smallest absolute Gasteiger partial charge is 0.261 e. The Labute approximate surface area is 156 Å². The van der Waals surface area contributed by atoms with Crippen LogP contribution in [0.2, 0.25) is 0 Å². The van der Waals surface area contributed by atoms with Crippen molar-refractivity contribution in [2.75, 3.05) is 10.6 Å². The first kappa shape index (κ1) is 18.1. The predicted molar refractivity (Wildman–Crippen MR) is 106 cm³/mol. The van der Waals surface area contributed by atoms with Gasteiger partial charge in [-0.1, -0.05) is 23.8 Å². The monoisotopic (exact) mass is 361 g/mol. The maximum absolute atomic E-state index is 12.4. The van der Waals surface area contributed by atoms with E-state index in [1.807, 2.05) is 31.2 Å². The van der Waals surface area contributed by atoms with Crippen molar-refractivity contribution in [3.8, 4) is 11.3 Å². The van der Waals surface area contributed by atoms with Crippen molar-refractivity contribution in [2.45, 2.75) is 13.8 Å². The SMILES string of the molecule is CC(=O)Nc1ccc(NC(=O)c2ccc(-c3cccc(C)c3)[nH]c2=O)cc1. The van der Waals surface area contributed by atoms with Gasteiger partial charge in [0, 0.05) is 24.0 Å². The van der Waals surface area contributed by atoms with Crippen molar-refractivity contribution < 1.29 is 9.59 Å². The van der Waals surface area contributed by atoms with E-state index in [0.717, 1.165) is 11.1 Å². The maximum atomic E-state index is 12.4. The van der Waals surface area contributed by atoms with Gasteiger partial charge in [-0.15, -0.1) is 0 Å². The summed E-state index contributed by atoms with van der Waals surface area (Å²) in [4.78, 5) is 38.5. The van der Waals surface area contributed by atoms with Gasteiger partial charge in [0.05, 0.1) is 0 Å². The molecule has 6 heteroatoms. The summed E-state index contributed by atoms with van der Waals surface area (Å²) >= 11 is 0. The first-order chi connectivity index (χ1) is 12.9. The average Bonchev–Trinajstić information content (AvgIpc) is 2.62. The summed E-state index contributed by atoms with van der Waals surface area (Å²) < 4.78 is 0. The highest BCUT2D eigenvalue weighted by atomic mass is 16.2. The lowest BCUT2D eigenvalue weighted by atomic mass is 10.1. The van der Waals surface area contributed by atoms with E-state index >= 15 is 0 Å². The number of benzene rings is 2. The van der Waals surface area contributed by atoms with Crippen LogP contribution < -0.4 is 16.2 Å². The van der Waals surface area contributed by atoms with Crippen LogP contribution in [0.25, 0.3) is 11.3 Å². The van der Waals surface area contributed by atoms with Crippen LogP contribution in [0.1, 0.15) is 22.8 Å². The van der Waals surface area contributed by atoms with Gasteiger partial charge < -0.3 is 15.6 Å². The highest BCUT2D eigenvalue weighted by Crippen LogP contribution is 2.18. The minimum Gasteiger partial charge on any atom is -0.326 e. The molecule has 0 fully saturated rings. The van der Waals surface area contributed by atoms with Crippen LogP contribution in [-0.2, 0) is 4.79 Å². The molecule has 0 unspecified atom stereocenters. The summed E-state index contributed by atoms with van der Waals surface area (Å²) in [5.74, 6) is -0.675. The Morgan fingerprint density at radius 3 is 2.15 bits per heavy atom. The fourth-order valence-corrected chi connectivity index (χ4v) is 2.67. The summed E-state index contributed by atoms with van der Waals surface area (Å²) in [6.07, 6.45) is 0. The molecule has 0 aliphatic heterocycles. The molecular weight excluding hydrogens is 342 g/mol. The summed E-state index contributed by atoms with van der Waals surface area (Å²) in [5.41, 5.74) is 3.33. The largest absolute Gasteiger partial charge is 0.326 e. The van der Waals surface area contributed by atoms with Crippen LogP contribution in [0.5, 0.6) is 0 Å². The number of carbonyl (C=O) groups is 2. The molecule has 2 aromatic carbocycles. The molecule has 0 spiro atoms. The summed E-state index contributed by atoms with van der Waals surface area (Å²) in [6, 6.07) is 17.6. The number of hydrogen-bond acceptors (Lipinski definition) is 3. The van der Waals surface area contributed by atoms with Crippen molar-refractivity contribution in [3.05, 3.63) is 82.1 Å². The number of rotatable bonds is 4. The fraction of sp³-hybridized carbons (Fsp3) is 0.0952. The van der Waals surface area contributed by atoms with E-state index in [4.69, 9.17) is 0 Å². The number of H-pyrrole nitrogens is 1. The molecule has 3 rings (SSSR count). The molecule has 6 nitrogen and oxygen atoms in total. The number of pyridine rings is 1. The van der Waals surface area contributed by atoms with E-state index in [-0.39, 0.29) is 11.5 Å². The summed E-state index contributed by atoms with van der Waals surface area (Å²) in [7, 11) is 0. The number of amides is 2. The second-order valence-corrected chi connectivity index (χ2v) is 6.20. The Bertz CT molecular complexity index is 1050. The zero-order chi connectivity index (χ0) is 19.4. The average molecular weight is 361 g/mol. The van der Waals surface area contributed by atoms with Crippen LogP contribution in [0, 0.1) is 6.92 Å².